The Kier molecular flexibility index (Phi) is 5.78. The Hall–Kier alpha value is -2.73. The monoisotopic (exact) mass is 478 g/mol. The summed E-state index contributed by atoms with van der Waals surface area (Å²) in [6, 6.07) is 10.2. The number of hydrogen-bond donors (Lipinski definition) is 1. The number of aliphatic hydroxyl groups excluding tert-OH is 1. The van der Waals surface area contributed by atoms with E-state index in [4.69, 9.17) is 9.47 Å². The van der Waals surface area contributed by atoms with Crippen molar-refractivity contribution in [3.05, 3.63) is 59.2 Å². The normalized spacial score (nSPS) is 40.0. The van der Waals surface area contributed by atoms with Gasteiger partial charge in [-0.3, -0.25) is 14.4 Å². The molecule has 0 bridgehead atoms. The van der Waals surface area contributed by atoms with Crippen molar-refractivity contribution in [2.75, 3.05) is 7.11 Å². The number of ether oxygens (including phenoxy) is 2. The van der Waals surface area contributed by atoms with Crippen molar-refractivity contribution in [1.29, 1.82) is 0 Å². The van der Waals surface area contributed by atoms with Crippen LogP contribution < -0.4 is 0 Å². The average molecular weight is 479 g/mol. The summed E-state index contributed by atoms with van der Waals surface area (Å²) in [7, 11) is 1.36. The molecular weight excluding hydrogens is 444 g/mol. The molecule has 2 fully saturated rings. The molecule has 0 spiro atoms. The minimum absolute atomic E-state index is 0.0679. The molecule has 186 valence electrons. The van der Waals surface area contributed by atoms with Crippen LogP contribution in [0.15, 0.2) is 53.6 Å². The van der Waals surface area contributed by atoms with E-state index in [0.29, 0.717) is 19.3 Å². The predicted octanol–water partition coefficient (Wildman–Crippen LogP) is 4.13. The topological polar surface area (TPSA) is 89.9 Å². The Labute approximate surface area is 206 Å². The van der Waals surface area contributed by atoms with Gasteiger partial charge in [-0.15, -0.1) is 0 Å². The Bertz CT molecular complexity index is 1120. The summed E-state index contributed by atoms with van der Waals surface area (Å²) >= 11 is 0. The molecule has 0 unspecified atom stereocenters. The number of benzene rings is 1. The third kappa shape index (κ3) is 3.52. The summed E-state index contributed by atoms with van der Waals surface area (Å²) in [4.78, 5) is 39.0. The number of allylic oxidation sites excluding steroid dienone is 2. The quantitative estimate of drug-likeness (QED) is 0.506. The molecule has 4 aliphatic rings. The van der Waals surface area contributed by atoms with Gasteiger partial charge >= 0.3 is 11.9 Å². The van der Waals surface area contributed by atoms with Crippen molar-refractivity contribution < 1.29 is 29.0 Å². The highest BCUT2D eigenvalue weighted by molar-refractivity contribution is 6.00. The molecule has 35 heavy (non-hydrogen) atoms. The SMILES string of the molecule is COC(=O)C[C@H]1[C@H](CC2=C(C)[C@H](c3ccccc3)C[C@@H]2O)C[C@@H]2OC(=O)[C@]3(C)C=CC(=O)[C@@]1(C)[C@@H]23. The van der Waals surface area contributed by atoms with E-state index in [1.165, 1.54) is 18.7 Å². The summed E-state index contributed by atoms with van der Waals surface area (Å²) < 4.78 is 10.9. The number of methoxy groups -OCH3 is 1. The van der Waals surface area contributed by atoms with E-state index < -0.39 is 23.0 Å². The van der Waals surface area contributed by atoms with E-state index in [1.54, 1.807) is 6.08 Å². The third-order valence-corrected chi connectivity index (χ3v) is 9.54. The van der Waals surface area contributed by atoms with Crippen molar-refractivity contribution in [2.45, 2.75) is 64.6 Å². The van der Waals surface area contributed by atoms with Crippen LogP contribution in [0.1, 0.15) is 57.9 Å². The van der Waals surface area contributed by atoms with Gasteiger partial charge in [-0.05, 0) is 62.2 Å². The molecule has 1 saturated carbocycles. The van der Waals surface area contributed by atoms with Gasteiger partial charge in [-0.2, -0.15) is 0 Å². The van der Waals surface area contributed by atoms with Crippen molar-refractivity contribution in [3.8, 4) is 0 Å². The van der Waals surface area contributed by atoms with Gasteiger partial charge < -0.3 is 14.6 Å². The zero-order valence-corrected chi connectivity index (χ0v) is 20.8. The van der Waals surface area contributed by atoms with Crippen LogP contribution in [-0.4, -0.2) is 42.1 Å². The first-order valence-electron chi connectivity index (χ1n) is 12.5. The summed E-state index contributed by atoms with van der Waals surface area (Å²) in [6.07, 6.45) is 4.06. The van der Waals surface area contributed by atoms with Gasteiger partial charge in [0.25, 0.3) is 0 Å². The molecule has 0 radical (unpaired) electrons. The second-order valence-electron chi connectivity index (χ2n) is 11.2. The Morgan fingerprint density at radius 2 is 1.89 bits per heavy atom. The van der Waals surface area contributed by atoms with Crippen molar-refractivity contribution in [2.24, 2.45) is 28.6 Å². The van der Waals surface area contributed by atoms with Gasteiger partial charge in [0.15, 0.2) is 5.78 Å². The first-order chi connectivity index (χ1) is 16.6. The van der Waals surface area contributed by atoms with E-state index >= 15 is 0 Å². The zero-order valence-electron chi connectivity index (χ0n) is 20.8. The maximum atomic E-state index is 13.5. The number of esters is 2. The van der Waals surface area contributed by atoms with Crippen LogP contribution in [0.4, 0.5) is 0 Å². The smallest absolute Gasteiger partial charge is 0.316 e. The largest absolute Gasteiger partial charge is 0.469 e. The fraction of sp³-hybridized carbons (Fsp3) is 0.552. The lowest BCUT2D eigenvalue weighted by Gasteiger charge is -2.54. The highest BCUT2D eigenvalue weighted by atomic mass is 16.6. The molecule has 5 rings (SSSR count). The number of carbonyl (C=O) groups excluding carboxylic acids is 3. The van der Waals surface area contributed by atoms with Gasteiger partial charge in [0.05, 0.1) is 18.6 Å². The van der Waals surface area contributed by atoms with E-state index in [2.05, 4.69) is 19.1 Å². The number of rotatable bonds is 5. The molecule has 1 aromatic carbocycles. The molecule has 1 N–H and O–H groups in total. The lowest BCUT2D eigenvalue weighted by Crippen LogP contribution is -2.58. The van der Waals surface area contributed by atoms with Gasteiger partial charge in [0, 0.05) is 23.7 Å². The standard InChI is InChI=1S/C29H34O6/c1-16-19(17-8-6-5-7-9-17)14-22(30)20(16)12-18-13-23-26-28(2,27(33)35-23)11-10-24(31)29(26,3)21(18)15-25(32)34-4/h5-11,18-19,21-23,26,30H,12-15H2,1-4H3/t18-,19-,21+,22+,23+,26+,28-,29+/m1/s1. The maximum Gasteiger partial charge on any atom is 0.316 e. The van der Waals surface area contributed by atoms with Crippen LogP contribution in [0.2, 0.25) is 0 Å². The fourth-order valence-corrected chi connectivity index (χ4v) is 7.70. The molecule has 6 nitrogen and oxygen atoms in total. The van der Waals surface area contributed by atoms with E-state index in [1.807, 2.05) is 32.0 Å². The molecule has 1 heterocycles. The van der Waals surface area contributed by atoms with E-state index in [0.717, 1.165) is 11.1 Å². The Morgan fingerprint density at radius 1 is 1.17 bits per heavy atom. The van der Waals surface area contributed by atoms with Crippen LogP contribution in [0.5, 0.6) is 0 Å². The average Bonchev–Trinajstić information content (AvgIpc) is 3.27. The zero-order chi connectivity index (χ0) is 25.1. The first kappa shape index (κ1) is 24.0. The van der Waals surface area contributed by atoms with Crippen molar-refractivity contribution in [1.82, 2.24) is 0 Å². The molecule has 6 heteroatoms. The van der Waals surface area contributed by atoms with Gasteiger partial charge in [-0.25, -0.2) is 0 Å². The lowest BCUT2D eigenvalue weighted by atomic mass is 9.46. The first-order valence-corrected chi connectivity index (χ1v) is 12.5. The maximum absolute atomic E-state index is 13.5. The second-order valence-corrected chi connectivity index (χ2v) is 11.2. The van der Waals surface area contributed by atoms with Crippen molar-refractivity contribution in [3.63, 3.8) is 0 Å². The number of ketones is 1. The third-order valence-electron chi connectivity index (χ3n) is 9.54. The van der Waals surface area contributed by atoms with Crippen LogP contribution in [-0.2, 0) is 23.9 Å². The van der Waals surface area contributed by atoms with E-state index in [-0.39, 0.29) is 47.8 Å². The summed E-state index contributed by atoms with van der Waals surface area (Å²) in [6.45, 7) is 5.82. The molecular formula is C29H34O6. The molecule has 0 aromatic heterocycles. The minimum atomic E-state index is -0.936. The molecule has 1 saturated heterocycles. The number of carbonyl (C=O) groups is 3. The second kappa shape index (κ2) is 8.44. The van der Waals surface area contributed by atoms with Crippen LogP contribution in [0, 0.1) is 28.6 Å². The van der Waals surface area contributed by atoms with Crippen molar-refractivity contribution >= 4 is 17.7 Å². The summed E-state index contributed by atoms with van der Waals surface area (Å²) in [5.41, 5.74) is 1.48. The summed E-state index contributed by atoms with van der Waals surface area (Å²) in [5, 5.41) is 11.1. The molecule has 1 aromatic rings. The van der Waals surface area contributed by atoms with Crippen LogP contribution in [0.3, 0.4) is 0 Å². The van der Waals surface area contributed by atoms with Gasteiger partial charge in [-0.1, -0.05) is 48.9 Å². The fourth-order valence-electron chi connectivity index (χ4n) is 7.70. The number of aliphatic hydroxyl groups is 1. The number of hydrogen-bond acceptors (Lipinski definition) is 6. The molecule has 0 amide bonds. The lowest BCUT2D eigenvalue weighted by molar-refractivity contribution is -0.156. The Morgan fingerprint density at radius 3 is 2.57 bits per heavy atom. The highest BCUT2D eigenvalue weighted by Crippen LogP contribution is 2.63. The Balaban J connectivity index is 1.54. The van der Waals surface area contributed by atoms with Gasteiger partial charge in [0.2, 0.25) is 0 Å². The van der Waals surface area contributed by atoms with E-state index in [9.17, 15) is 19.5 Å². The summed E-state index contributed by atoms with van der Waals surface area (Å²) in [5.74, 6) is -1.37. The molecule has 8 atom stereocenters. The predicted molar refractivity (Wildman–Crippen MR) is 129 cm³/mol. The molecule has 3 aliphatic carbocycles. The molecule has 1 aliphatic heterocycles. The highest BCUT2D eigenvalue weighted by Gasteiger charge is 2.69. The van der Waals surface area contributed by atoms with Gasteiger partial charge in [0.1, 0.15) is 6.10 Å². The minimum Gasteiger partial charge on any atom is -0.469 e. The van der Waals surface area contributed by atoms with Crippen LogP contribution in [0.25, 0.3) is 0 Å². The van der Waals surface area contributed by atoms with Crippen LogP contribution >= 0.6 is 0 Å².